The minimum absolute atomic E-state index is 0.0785. The van der Waals surface area contributed by atoms with Crippen molar-refractivity contribution in [2.24, 2.45) is 7.05 Å². The van der Waals surface area contributed by atoms with Gasteiger partial charge < -0.3 is 14.1 Å². The van der Waals surface area contributed by atoms with Gasteiger partial charge in [0.1, 0.15) is 0 Å². The van der Waals surface area contributed by atoms with Gasteiger partial charge in [0, 0.05) is 35.3 Å². The lowest BCUT2D eigenvalue weighted by atomic mass is 10.1. The van der Waals surface area contributed by atoms with Gasteiger partial charge in [-0.2, -0.15) is 0 Å². The summed E-state index contributed by atoms with van der Waals surface area (Å²) in [6.07, 6.45) is 1.87. The summed E-state index contributed by atoms with van der Waals surface area (Å²) in [5.41, 5.74) is 2.39. The van der Waals surface area contributed by atoms with E-state index in [0.717, 1.165) is 22.0 Å². The molecule has 0 aliphatic heterocycles. The third-order valence-corrected chi connectivity index (χ3v) is 3.99. The van der Waals surface area contributed by atoms with Crippen LogP contribution in [-0.4, -0.2) is 20.6 Å². The Morgan fingerprint density at radius 1 is 1.08 bits per heavy atom. The third kappa shape index (κ3) is 2.18. The van der Waals surface area contributed by atoms with Gasteiger partial charge >= 0.3 is 5.97 Å². The highest BCUT2D eigenvalue weighted by Gasteiger charge is 2.24. The normalized spacial score (nSPS) is 11.0. The predicted octanol–water partition coefficient (Wildman–Crippen LogP) is 4.20. The number of carbonyl (C=O) groups is 1. The Morgan fingerprint density at radius 2 is 1.79 bits per heavy atom. The zero-order chi connectivity index (χ0) is 16.7. The number of para-hydroxylation sites is 1. The summed E-state index contributed by atoms with van der Waals surface area (Å²) in [6.45, 7) is 0. The second-order valence-corrected chi connectivity index (χ2v) is 5.54. The van der Waals surface area contributed by atoms with Crippen LogP contribution in [0, 0.1) is 0 Å². The highest BCUT2D eigenvalue weighted by molar-refractivity contribution is 6.01. The van der Waals surface area contributed by atoms with Crippen molar-refractivity contribution in [2.75, 3.05) is 0 Å². The van der Waals surface area contributed by atoms with E-state index in [2.05, 4.69) is 4.98 Å². The maximum Gasteiger partial charge on any atom is 0.358 e. The van der Waals surface area contributed by atoms with Crippen LogP contribution in [0.25, 0.3) is 33.7 Å². The molecule has 0 bridgehead atoms. The molecule has 0 radical (unpaired) electrons. The van der Waals surface area contributed by atoms with Gasteiger partial charge in [-0.05, 0) is 18.2 Å². The number of nitrogens with zero attached hydrogens (tertiary/aromatic N) is 2. The van der Waals surface area contributed by atoms with Crippen molar-refractivity contribution in [2.45, 2.75) is 0 Å². The van der Waals surface area contributed by atoms with Gasteiger partial charge in [-0.15, -0.1) is 0 Å². The number of hydrogen-bond donors (Lipinski definition) is 1. The second kappa shape index (κ2) is 5.38. The molecule has 0 spiro atoms. The zero-order valence-electron chi connectivity index (χ0n) is 12.9. The molecule has 2 aromatic heterocycles. The molecule has 0 aliphatic carbocycles. The zero-order valence-corrected chi connectivity index (χ0v) is 12.9. The number of carboxylic acids is 1. The van der Waals surface area contributed by atoms with E-state index in [9.17, 15) is 9.90 Å². The van der Waals surface area contributed by atoms with E-state index in [1.54, 1.807) is 0 Å². The molecule has 24 heavy (non-hydrogen) atoms. The van der Waals surface area contributed by atoms with Crippen LogP contribution in [0.5, 0.6) is 0 Å². The van der Waals surface area contributed by atoms with Gasteiger partial charge in [0.25, 0.3) is 0 Å². The fourth-order valence-electron chi connectivity index (χ4n) is 2.87. The number of oxazole rings is 1. The Labute approximate surface area is 137 Å². The summed E-state index contributed by atoms with van der Waals surface area (Å²) < 4.78 is 7.81. The van der Waals surface area contributed by atoms with E-state index in [1.807, 2.05) is 72.4 Å². The lowest BCUT2D eigenvalue weighted by molar-refractivity contribution is 0.0691. The van der Waals surface area contributed by atoms with E-state index in [4.69, 9.17) is 4.42 Å². The van der Waals surface area contributed by atoms with Crippen molar-refractivity contribution < 1.29 is 14.3 Å². The predicted molar refractivity (Wildman–Crippen MR) is 90.8 cm³/mol. The first-order chi connectivity index (χ1) is 11.6. The van der Waals surface area contributed by atoms with Crippen molar-refractivity contribution in [3.05, 3.63) is 66.5 Å². The van der Waals surface area contributed by atoms with Crippen LogP contribution in [0.2, 0.25) is 0 Å². The third-order valence-electron chi connectivity index (χ3n) is 3.99. The van der Waals surface area contributed by atoms with Crippen LogP contribution in [-0.2, 0) is 7.05 Å². The standard InChI is InChI=1S/C19H14N2O3/c1-21-11-14(13-9-5-6-10-15(13)21)17-16(19(22)23)20-18(24-17)12-7-3-2-4-8-12/h2-11H,1H3,(H,22,23). The molecule has 0 aliphatic rings. The van der Waals surface area contributed by atoms with E-state index in [1.165, 1.54) is 0 Å². The van der Waals surface area contributed by atoms with Gasteiger partial charge in [0.2, 0.25) is 5.89 Å². The molecular formula is C19H14N2O3. The number of carboxylic acid groups (broad SMARTS) is 1. The Balaban J connectivity index is 1.97. The van der Waals surface area contributed by atoms with Crippen LogP contribution in [0.1, 0.15) is 10.5 Å². The number of aromatic nitrogens is 2. The largest absolute Gasteiger partial charge is 0.476 e. The van der Waals surface area contributed by atoms with E-state index < -0.39 is 5.97 Å². The van der Waals surface area contributed by atoms with Gasteiger partial charge in [-0.25, -0.2) is 9.78 Å². The number of aryl methyl sites for hydroxylation is 1. The van der Waals surface area contributed by atoms with Crippen molar-refractivity contribution in [1.82, 2.24) is 9.55 Å². The van der Waals surface area contributed by atoms with Crippen LogP contribution in [0.4, 0.5) is 0 Å². The van der Waals surface area contributed by atoms with E-state index >= 15 is 0 Å². The summed E-state index contributed by atoms with van der Waals surface area (Å²) in [7, 11) is 1.92. The molecule has 0 amide bonds. The SMILES string of the molecule is Cn1cc(-c2oc(-c3ccccc3)nc2C(=O)O)c2ccccc21. The number of benzene rings is 2. The Hall–Kier alpha value is -3.34. The maximum absolute atomic E-state index is 11.7. The van der Waals surface area contributed by atoms with Crippen molar-refractivity contribution >= 4 is 16.9 Å². The summed E-state index contributed by atoms with van der Waals surface area (Å²) in [6, 6.07) is 17.1. The number of hydrogen-bond acceptors (Lipinski definition) is 3. The summed E-state index contributed by atoms with van der Waals surface area (Å²) in [5, 5.41) is 10.5. The Bertz CT molecular complexity index is 1050. The summed E-state index contributed by atoms with van der Waals surface area (Å²) >= 11 is 0. The molecule has 4 aromatic rings. The molecule has 1 N–H and O–H groups in total. The molecular weight excluding hydrogens is 304 g/mol. The van der Waals surface area contributed by atoms with Gasteiger partial charge in [0.05, 0.1) is 0 Å². The molecule has 0 saturated carbocycles. The second-order valence-electron chi connectivity index (χ2n) is 5.54. The molecule has 2 aromatic carbocycles. The first kappa shape index (κ1) is 14.3. The molecule has 0 fully saturated rings. The van der Waals surface area contributed by atoms with Crippen LogP contribution >= 0.6 is 0 Å². The van der Waals surface area contributed by atoms with Gasteiger partial charge in [-0.3, -0.25) is 0 Å². The average molecular weight is 318 g/mol. The smallest absolute Gasteiger partial charge is 0.358 e. The average Bonchev–Trinajstić information content (AvgIpc) is 3.18. The Kier molecular flexibility index (Phi) is 3.20. The summed E-state index contributed by atoms with van der Waals surface area (Å²) in [4.78, 5) is 15.9. The molecule has 118 valence electrons. The quantitative estimate of drug-likeness (QED) is 0.615. The lowest BCUT2D eigenvalue weighted by Gasteiger charge is -1.96. The topological polar surface area (TPSA) is 68.3 Å². The number of aromatic carboxylic acids is 1. The first-order valence-corrected chi connectivity index (χ1v) is 7.49. The lowest BCUT2D eigenvalue weighted by Crippen LogP contribution is -1.98. The molecule has 0 saturated heterocycles. The van der Waals surface area contributed by atoms with Gasteiger partial charge in [0.15, 0.2) is 11.5 Å². The molecule has 5 heteroatoms. The molecule has 0 unspecified atom stereocenters. The Morgan fingerprint density at radius 3 is 2.54 bits per heavy atom. The monoisotopic (exact) mass is 318 g/mol. The minimum Gasteiger partial charge on any atom is -0.476 e. The number of rotatable bonds is 3. The van der Waals surface area contributed by atoms with Crippen LogP contribution < -0.4 is 0 Å². The summed E-state index contributed by atoms with van der Waals surface area (Å²) in [5.74, 6) is -0.530. The fraction of sp³-hybridized carbons (Fsp3) is 0.0526. The van der Waals surface area contributed by atoms with Crippen molar-refractivity contribution in [3.63, 3.8) is 0 Å². The van der Waals surface area contributed by atoms with Crippen LogP contribution in [0.3, 0.4) is 0 Å². The van der Waals surface area contributed by atoms with Crippen molar-refractivity contribution in [1.29, 1.82) is 0 Å². The molecule has 5 nitrogen and oxygen atoms in total. The minimum atomic E-state index is -1.11. The first-order valence-electron chi connectivity index (χ1n) is 7.49. The van der Waals surface area contributed by atoms with Crippen molar-refractivity contribution in [3.8, 4) is 22.8 Å². The molecule has 2 heterocycles. The molecule has 4 rings (SSSR count). The van der Waals surface area contributed by atoms with E-state index in [0.29, 0.717) is 5.89 Å². The number of fused-ring (bicyclic) bond motifs is 1. The highest BCUT2D eigenvalue weighted by atomic mass is 16.4. The van der Waals surface area contributed by atoms with Gasteiger partial charge in [-0.1, -0.05) is 36.4 Å². The molecule has 0 atom stereocenters. The van der Waals surface area contributed by atoms with Crippen LogP contribution in [0.15, 0.2) is 65.2 Å². The maximum atomic E-state index is 11.7. The fourth-order valence-corrected chi connectivity index (χ4v) is 2.87. The highest BCUT2D eigenvalue weighted by Crippen LogP contribution is 2.35. The van der Waals surface area contributed by atoms with E-state index in [-0.39, 0.29) is 11.5 Å².